The van der Waals surface area contributed by atoms with Crippen molar-refractivity contribution in [3.63, 3.8) is 0 Å². The van der Waals surface area contributed by atoms with Gasteiger partial charge in [0.15, 0.2) is 0 Å². The zero-order valence-electron chi connectivity index (χ0n) is 10.9. The molecule has 2 rings (SSSR count). The van der Waals surface area contributed by atoms with Crippen LogP contribution in [0.4, 0.5) is 0 Å². The zero-order valence-corrected chi connectivity index (χ0v) is 10.9. The SMILES string of the molecule is CN1CCN(C(C)(C)CNC2CNC2)CC1. The predicted molar refractivity (Wildman–Crippen MR) is 67.8 cm³/mol. The van der Waals surface area contributed by atoms with Gasteiger partial charge in [-0.3, -0.25) is 4.90 Å². The second-order valence-electron chi connectivity index (χ2n) is 5.84. The molecule has 2 heterocycles. The summed E-state index contributed by atoms with van der Waals surface area (Å²) in [7, 11) is 2.21. The van der Waals surface area contributed by atoms with Crippen molar-refractivity contribution in [1.82, 2.24) is 20.4 Å². The van der Waals surface area contributed by atoms with Gasteiger partial charge in [0.05, 0.1) is 0 Å². The summed E-state index contributed by atoms with van der Waals surface area (Å²) in [6.45, 7) is 12.9. The Bertz CT molecular complexity index is 217. The molecular formula is C12H26N4. The molecular weight excluding hydrogens is 200 g/mol. The minimum atomic E-state index is 0.289. The summed E-state index contributed by atoms with van der Waals surface area (Å²) >= 11 is 0. The third-order valence-corrected chi connectivity index (χ3v) is 3.96. The van der Waals surface area contributed by atoms with Crippen LogP contribution in [0.3, 0.4) is 0 Å². The first-order chi connectivity index (χ1) is 7.58. The zero-order chi connectivity index (χ0) is 11.6. The monoisotopic (exact) mass is 226 g/mol. The van der Waals surface area contributed by atoms with E-state index in [0.29, 0.717) is 6.04 Å². The highest BCUT2D eigenvalue weighted by Gasteiger charge is 2.30. The molecule has 2 N–H and O–H groups in total. The molecule has 94 valence electrons. The molecule has 0 amide bonds. The first-order valence-corrected chi connectivity index (χ1v) is 6.46. The normalized spacial score (nSPS) is 25.7. The van der Waals surface area contributed by atoms with Gasteiger partial charge in [0.1, 0.15) is 0 Å². The minimum Gasteiger partial charge on any atom is -0.314 e. The van der Waals surface area contributed by atoms with Crippen molar-refractivity contribution in [1.29, 1.82) is 0 Å². The maximum absolute atomic E-state index is 3.65. The molecule has 0 aliphatic carbocycles. The van der Waals surface area contributed by atoms with E-state index in [-0.39, 0.29) is 5.54 Å². The van der Waals surface area contributed by atoms with Gasteiger partial charge >= 0.3 is 0 Å². The van der Waals surface area contributed by atoms with Crippen LogP contribution < -0.4 is 10.6 Å². The highest BCUT2D eigenvalue weighted by molar-refractivity contribution is 4.90. The fraction of sp³-hybridized carbons (Fsp3) is 1.00. The van der Waals surface area contributed by atoms with Crippen LogP contribution in [0.2, 0.25) is 0 Å². The summed E-state index contributed by atoms with van der Waals surface area (Å²) in [5.74, 6) is 0. The average molecular weight is 226 g/mol. The van der Waals surface area contributed by atoms with E-state index >= 15 is 0 Å². The highest BCUT2D eigenvalue weighted by Crippen LogP contribution is 2.16. The van der Waals surface area contributed by atoms with Gasteiger partial charge in [-0.25, -0.2) is 0 Å². The number of hydrogen-bond acceptors (Lipinski definition) is 4. The maximum Gasteiger partial charge on any atom is 0.0318 e. The fourth-order valence-corrected chi connectivity index (χ4v) is 2.35. The van der Waals surface area contributed by atoms with Crippen LogP contribution in [-0.2, 0) is 0 Å². The molecule has 2 saturated heterocycles. The lowest BCUT2D eigenvalue weighted by atomic mass is 10.0. The summed E-state index contributed by atoms with van der Waals surface area (Å²) < 4.78 is 0. The third kappa shape index (κ3) is 2.94. The molecule has 0 aromatic rings. The Hall–Kier alpha value is -0.160. The molecule has 0 unspecified atom stereocenters. The quantitative estimate of drug-likeness (QED) is 0.681. The Kier molecular flexibility index (Phi) is 3.85. The van der Waals surface area contributed by atoms with E-state index in [2.05, 4.69) is 41.3 Å². The highest BCUT2D eigenvalue weighted by atomic mass is 15.3. The Morgan fingerprint density at radius 2 is 1.81 bits per heavy atom. The standard InChI is InChI=1S/C12H26N4/c1-12(2,10-14-11-8-13-9-11)16-6-4-15(3)5-7-16/h11,13-14H,4-10H2,1-3H3. The number of piperazine rings is 1. The van der Waals surface area contributed by atoms with Crippen molar-refractivity contribution in [2.45, 2.75) is 25.4 Å². The van der Waals surface area contributed by atoms with E-state index in [9.17, 15) is 0 Å². The maximum atomic E-state index is 3.65. The summed E-state index contributed by atoms with van der Waals surface area (Å²) in [5.41, 5.74) is 0.289. The molecule has 0 atom stereocenters. The minimum absolute atomic E-state index is 0.289. The molecule has 0 aromatic carbocycles. The topological polar surface area (TPSA) is 30.5 Å². The second kappa shape index (κ2) is 5.00. The van der Waals surface area contributed by atoms with Gasteiger partial charge in [-0.15, -0.1) is 0 Å². The molecule has 2 aliphatic rings. The largest absolute Gasteiger partial charge is 0.314 e. The number of nitrogens with one attached hydrogen (secondary N) is 2. The van der Waals surface area contributed by atoms with Crippen molar-refractivity contribution in [2.24, 2.45) is 0 Å². The Morgan fingerprint density at radius 3 is 2.31 bits per heavy atom. The molecule has 0 bridgehead atoms. The van der Waals surface area contributed by atoms with Crippen LogP contribution in [0.25, 0.3) is 0 Å². The molecule has 2 aliphatic heterocycles. The fourth-order valence-electron chi connectivity index (χ4n) is 2.35. The van der Waals surface area contributed by atoms with Crippen molar-refractivity contribution < 1.29 is 0 Å². The van der Waals surface area contributed by atoms with Crippen LogP contribution in [0, 0.1) is 0 Å². The van der Waals surface area contributed by atoms with Gasteiger partial charge in [-0.1, -0.05) is 0 Å². The number of nitrogens with zero attached hydrogens (tertiary/aromatic N) is 2. The number of likely N-dealkylation sites (N-methyl/N-ethyl adjacent to an activating group) is 1. The second-order valence-corrected chi connectivity index (χ2v) is 5.84. The van der Waals surface area contributed by atoms with Gasteiger partial charge in [-0.2, -0.15) is 0 Å². The van der Waals surface area contributed by atoms with Gasteiger partial charge in [0.25, 0.3) is 0 Å². The number of hydrogen-bond donors (Lipinski definition) is 2. The molecule has 0 aromatic heterocycles. The molecule has 0 spiro atoms. The third-order valence-electron chi connectivity index (χ3n) is 3.96. The van der Waals surface area contributed by atoms with E-state index in [1.807, 2.05) is 0 Å². The average Bonchev–Trinajstić information content (AvgIpc) is 2.15. The molecule has 0 radical (unpaired) electrons. The van der Waals surface area contributed by atoms with Crippen molar-refractivity contribution in [3.05, 3.63) is 0 Å². The molecule has 16 heavy (non-hydrogen) atoms. The van der Waals surface area contributed by atoms with Crippen molar-refractivity contribution in [3.8, 4) is 0 Å². The Balaban J connectivity index is 1.76. The van der Waals surface area contributed by atoms with Gasteiger partial charge in [0.2, 0.25) is 0 Å². The molecule has 4 heteroatoms. The molecule has 4 nitrogen and oxygen atoms in total. The van der Waals surface area contributed by atoms with E-state index in [0.717, 1.165) is 19.6 Å². The molecule has 0 saturated carbocycles. The lowest BCUT2D eigenvalue weighted by Crippen LogP contribution is -2.62. The van der Waals surface area contributed by atoms with Gasteiger partial charge in [0, 0.05) is 57.4 Å². The summed E-state index contributed by atoms with van der Waals surface area (Å²) in [6.07, 6.45) is 0. The van der Waals surface area contributed by atoms with Crippen LogP contribution in [-0.4, -0.2) is 74.2 Å². The smallest absolute Gasteiger partial charge is 0.0318 e. The first-order valence-electron chi connectivity index (χ1n) is 6.46. The number of rotatable bonds is 4. The summed E-state index contributed by atoms with van der Waals surface area (Å²) in [5, 5.41) is 6.95. The Labute approximate surface area is 99.4 Å². The van der Waals surface area contributed by atoms with Crippen LogP contribution >= 0.6 is 0 Å². The van der Waals surface area contributed by atoms with E-state index in [4.69, 9.17) is 0 Å². The lowest BCUT2D eigenvalue weighted by molar-refractivity contribution is 0.0588. The van der Waals surface area contributed by atoms with Crippen molar-refractivity contribution >= 4 is 0 Å². The summed E-state index contributed by atoms with van der Waals surface area (Å²) in [6, 6.07) is 0.701. The lowest BCUT2D eigenvalue weighted by Gasteiger charge is -2.44. The van der Waals surface area contributed by atoms with Gasteiger partial charge in [-0.05, 0) is 20.9 Å². The van der Waals surface area contributed by atoms with Crippen LogP contribution in [0.15, 0.2) is 0 Å². The van der Waals surface area contributed by atoms with E-state index < -0.39 is 0 Å². The Morgan fingerprint density at radius 1 is 1.19 bits per heavy atom. The molecule has 2 fully saturated rings. The van der Waals surface area contributed by atoms with Crippen LogP contribution in [0.5, 0.6) is 0 Å². The summed E-state index contributed by atoms with van der Waals surface area (Å²) in [4.78, 5) is 5.03. The van der Waals surface area contributed by atoms with Crippen molar-refractivity contribution in [2.75, 3.05) is 52.9 Å². The van der Waals surface area contributed by atoms with E-state index in [1.54, 1.807) is 0 Å². The van der Waals surface area contributed by atoms with Gasteiger partial charge < -0.3 is 15.5 Å². The predicted octanol–water partition coefficient (Wildman–Crippen LogP) is -0.426. The van der Waals surface area contributed by atoms with Crippen LogP contribution in [0.1, 0.15) is 13.8 Å². The first kappa shape index (κ1) is 12.3. The van der Waals surface area contributed by atoms with E-state index in [1.165, 1.54) is 26.2 Å².